The number of fused-ring (bicyclic) bond motifs is 1. The number of nitrogens with one attached hydrogen (secondary N) is 1. The van der Waals surface area contributed by atoms with Crippen molar-refractivity contribution in [3.63, 3.8) is 0 Å². The lowest BCUT2D eigenvalue weighted by Gasteiger charge is -2.12. The van der Waals surface area contributed by atoms with Crippen LogP contribution in [-0.4, -0.2) is 36.3 Å². The van der Waals surface area contributed by atoms with Gasteiger partial charge in [-0.05, 0) is 30.7 Å². The second-order valence-electron chi connectivity index (χ2n) is 5.90. The highest BCUT2D eigenvalue weighted by Crippen LogP contribution is 2.38. The van der Waals surface area contributed by atoms with E-state index in [-0.39, 0.29) is 24.7 Å². The zero-order valence-corrected chi connectivity index (χ0v) is 16.8. The van der Waals surface area contributed by atoms with Crippen LogP contribution in [0.1, 0.15) is 20.8 Å². The summed E-state index contributed by atoms with van der Waals surface area (Å²) in [6.45, 7) is 2.06. The summed E-state index contributed by atoms with van der Waals surface area (Å²) in [7, 11) is 1.49. The van der Waals surface area contributed by atoms with Crippen molar-refractivity contribution >= 4 is 50.6 Å². The molecule has 2 aromatic heterocycles. The first-order chi connectivity index (χ1) is 13.7. The number of esters is 1. The van der Waals surface area contributed by atoms with E-state index < -0.39 is 22.7 Å². The molecule has 154 valence electrons. The van der Waals surface area contributed by atoms with Crippen molar-refractivity contribution < 1.29 is 27.4 Å². The Balaban J connectivity index is 1.96. The molecule has 0 aliphatic carbocycles. The van der Waals surface area contributed by atoms with Gasteiger partial charge in [-0.25, -0.2) is 14.8 Å². The standard InChI is InChI=1S/C18H15ClF3N3O3S/c1-9-13-15(25-10-3-4-12(19)11(7-10)18(20,21)22)23-8-24-16(13)29-14(9)17(26)28-6-5-27-2/h3-4,7-8H,5-6H2,1-2H3,(H,23,24,25). The number of thiophene rings is 1. The average Bonchev–Trinajstić information content (AvgIpc) is 3.00. The van der Waals surface area contributed by atoms with E-state index in [0.717, 1.165) is 23.5 Å². The minimum Gasteiger partial charge on any atom is -0.459 e. The summed E-state index contributed by atoms with van der Waals surface area (Å²) >= 11 is 6.78. The summed E-state index contributed by atoms with van der Waals surface area (Å²) in [5, 5.41) is 2.98. The molecule has 0 radical (unpaired) electrons. The van der Waals surface area contributed by atoms with E-state index in [1.165, 1.54) is 19.5 Å². The second-order valence-corrected chi connectivity index (χ2v) is 7.31. The third-order valence-corrected chi connectivity index (χ3v) is 5.48. The van der Waals surface area contributed by atoms with E-state index in [9.17, 15) is 18.0 Å². The lowest BCUT2D eigenvalue weighted by molar-refractivity contribution is -0.137. The SMILES string of the molecule is COCCOC(=O)c1sc2ncnc(Nc3ccc(Cl)c(C(F)(F)F)c3)c2c1C. The summed E-state index contributed by atoms with van der Waals surface area (Å²) in [5.74, 6) is -0.255. The van der Waals surface area contributed by atoms with Crippen LogP contribution in [0.15, 0.2) is 24.5 Å². The zero-order valence-electron chi connectivity index (χ0n) is 15.3. The van der Waals surface area contributed by atoms with Crippen molar-refractivity contribution in [2.24, 2.45) is 0 Å². The summed E-state index contributed by atoms with van der Waals surface area (Å²) < 4.78 is 49.3. The van der Waals surface area contributed by atoms with Crippen molar-refractivity contribution in [2.75, 3.05) is 25.6 Å². The van der Waals surface area contributed by atoms with Gasteiger partial charge in [0.1, 0.15) is 28.5 Å². The van der Waals surface area contributed by atoms with E-state index in [0.29, 0.717) is 20.7 Å². The van der Waals surface area contributed by atoms with Gasteiger partial charge in [-0.2, -0.15) is 13.2 Å². The van der Waals surface area contributed by atoms with Crippen LogP contribution in [0.25, 0.3) is 10.2 Å². The molecular weight excluding hydrogens is 431 g/mol. The molecule has 0 atom stereocenters. The largest absolute Gasteiger partial charge is 0.459 e. The highest BCUT2D eigenvalue weighted by molar-refractivity contribution is 7.20. The molecule has 0 bridgehead atoms. The molecular formula is C18H15ClF3N3O3S. The molecule has 0 aliphatic heterocycles. The number of methoxy groups -OCH3 is 1. The van der Waals surface area contributed by atoms with Gasteiger partial charge in [-0.1, -0.05) is 11.6 Å². The Labute approximate surface area is 172 Å². The average molecular weight is 446 g/mol. The van der Waals surface area contributed by atoms with E-state index in [1.54, 1.807) is 6.92 Å². The molecule has 0 aliphatic rings. The lowest BCUT2D eigenvalue weighted by atomic mass is 10.1. The molecule has 29 heavy (non-hydrogen) atoms. The van der Waals surface area contributed by atoms with E-state index in [4.69, 9.17) is 21.1 Å². The van der Waals surface area contributed by atoms with Gasteiger partial charge in [0.15, 0.2) is 0 Å². The van der Waals surface area contributed by atoms with Crippen LogP contribution in [0.5, 0.6) is 0 Å². The minimum absolute atomic E-state index is 0.102. The number of hydrogen-bond acceptors (Lipinski definition) is 7. The van der Waals surface area contributed by atoms with E-state index in [2.05, 4.69) is 15.3 Å². The predicted octanol–water partition coefficient (Wildman–Crippen LogP) is 5.22. The van der Waals surface area contributed by atoms with Crippen LogP contribution >= 0.6 is 22.9 Å². The number of hydrogen-bond donors (Lipinski definition) is 1. The Hall–Kier alpha value is -2.43. The molecule has 1 aromatic carbocycles. The summed E-state index contributed by atoms with van der Waals surface area (Å²) in [6.07, 6.45) is -3.32. The number of carbonyl (C=O) groups is 1. The number of nitrogens with zero attached hydrogens (tertiary/aromatic N) is 2. The van der Waals surface area contributed by atoms with Crippen LogP contribution in [0.4, 0.5) is 24.7 Å². The van der Waals surface area contributed by atoms with Crippen LogP contribution in [0.3, 0.4) is 0 Å². The second kappa shape index (κ2) is 8.52. The number of anilines is 2. The first-order valence-corrected chi connectivity index (χ1v) is 9.45. The highest BCUT2D eigenvalue weighted by atomic mass is 35.5. The molecule has 0 saturated carbocycles. The molecule has 0 amide bonds. The van der Waals surface area contributed by atoms with E-state index in [1.807, 2.05) is 0 Å². The van der Waals surface area contributed by atoms with Gasteiger partial charge in [0.25, 0.3) is 0 Å². The molecule has 6 nitrogen and oxygen atoms in total. The van der Waals surface area contributed by atoms with Crippen molar-refractivity contribution in [2.45, 2.75) is 13.1 Å². The predicted molar refractivity (Wildman–Crippen MR) is 104 cm³/mol. The van der Waals surface area contributed by atoms with Crippen LogP contribution in [0, 0.1) is 6.92 Å². The fourth-order valence-electron chi connectivity index (χ4n) is 2.60. The Morgan fingerprint density at radius 1 is 1.28 bits per heavy atom. The van der Waals surface area contributed by atoms with Gasteiger partial charge in [-0.15, -0.1) is 11.3 Å². The van der Waals surface area contributed by atoms with Crippen LogP contribution < -0.4 is 5.32 Å². The first kappa shape index (κ1) is 21.3. The molecule has 11 heteroatoms. The molecule has 0 unspecified atom stereocenters. The minimum atomic E-state index is -4.59. The number of rotatable bonds is 6. The number of ether oxygens (including phenoxy) is 2. The molecule has 2 heterocycles. The van der Waals surface area contributed by atoms with Crippen LogP contribution in [-0.2, 0) is 15.7 Å². The van der Waals surface area contributed by atoms with Crippen molar-refractivity contribution in [3.05, 3.63) is 45.6 Å². The molecule has 3 rings (SSSR count). The Kier molecular flexibility index (Phi) is 6.25. The number of aryl methyl sites for hydroxylation is 1. The maximum absolute atomic E-state index is 13.1. The number of aromatic nitrogens is 2. The van der Waals surface area contributed by atoms with Gasteiger partial charge >= 0.3 is 12.1 Å². The smallest absolute Gasteiger partial charge is 0.417 e. The zero-order chi connectivity index (χ0) is 21.2. The normalized spacial score (nSPS) is 11.7. The first-order valence-electron chi connectivity index (χ1n) is 8.26. The number of carbonyl (C=O) groups excluding carboxylic acids is 1. The van der Waals surface area contributed by atoms with Crippen molar-refractivity contribution in [1.82, 2.24) is 9.97 Å². The van der Waals surface area contributed by atoms with Gasteiger partial charge < -0.3 is 14.8 Å². The molecule has 0 fully saturated rings. The molecule has 0 saturated heterocycles. The lowest BCUT2D eigenvalue weighted by Crippen LogP contribution is -2.09. The molecule has 1 N–H and O–H groups in total. The van der Waals surface area contributed by atoms with Gasteiger partial charge in [0, 0.05) is 12.8 Å². The number of halogens is 4. The summed E-state index contributed by atoms with van der Waals surface area (Å²) in [4.78, 5) is 21.4. The van der Waals surface area contributed by atoms with Crippen LogP contribution in [0.2, 0.25) is 5.02 Å². The Morgan fingerprint density at radius 3 is 2.72 bits per heavy atom. The summed E-state index contributed by atoms with van der Waals surface area (Å²) in [5.41, 5.74) is -0.240. The summed E-state index contributed by atoms with van der Waals surface area (Å²) in [6, 6.07) is 3.47. The Morgan fingerprint density at radius 2 is 2.03 bits per heavy atom. The topological polar surface area (TPSA) is 73.3 Å². The molecule has 3 aromatic rings. The highest BCUT2D eigenvalue weighted by Gasteiger charge is 2.33. The van der Waals surface area contributed by atoms with Gasteiger partial charge in [0.2, 0.25) is 0 Å². The molecule has 0 spiro atoms. The number of benzene rings is 1. The maximum Gasteiger partial charge on any atom is 0.417 e. The van der Waals surface area contributed by atoms with Crippen molar-refractivity contribution in [3.8, 4) is 0 Å². The van der Waals surface area contributed by atoms with Gasteiger partial charge in [-0.3, -0.25) is 0 Å². The Bertz CT molecular complexity index is 1060. The fraction of sp³-hybridized carbons (Fsp3) is 0.278. The third-order valence-electron chi connectivity index (χ3n) is 3.97. The quantitative estimate of drug-likeness (QED) is 0.414. The monoisotopic (exact) mass is 445 g/mol. The maximum atomic E-state index is 13.1. The number of alkyl halides is 3. The third kappa shape index (κ3) is 4.60. The van der Waals surface area contributed by atoms with Gasteiger partial charge in [0.05, 0.1) is 22.6 Å². The fourth-order valence-corrected chi connectivity index (χ4v) is 3.87. The van der Waals surface area contributed by atoms with Crippen molar-refractivity contribution in [1.29, 1.82) is 0 Å². The van der Waals surface area contributed by atoms with E-state index >= 15 is 0 Å².